The Bertz CT molecular complexity index is 1120. The van der Waals surface area contributed by atoms with Crippen molar-refractivity contribution >= 4 is 22.8 Å². The maximum Gasteiger partial charge on any atom is 0.269 e. The lowest BCUT2D eigenvalue weighted by molar-refractivity contribution is -0.128. The largest absolute Gasteiger partial charge is 0.364 e. The van der Waals surface area contributed by atoms with E-state index in [0.717, 1.165) is 18.5 Å². The number of hydrogen-bond donors (Lipinski definition) is 1. The van der Waals surface area contributed by atoms with E-state index in [1.807, 2.05) is 24.3 Å². The van der Waals surface area contributed by atoms with Gasteiger partial charge in [0.15, 0.2) is 11.3 Å². The number of nitrogens with two attached hydrogens (primary N) is 1. The van der Waals surface area contributed by atoms with Crippen LogP contribution in [0.3, 0.4) is 0 Å². The van der Waals surface area contributed by atoms with Gasteiger partial charge in [0.25, 0.3) is 5.91 Å². The molecule has 1 unspecified atom stereocenters. The third kappa shape index (κ3) is 3.00. The molecule has 0 radical (unpaired) electrons. The number of fused-ring (bicyclic) bond motifs is 1. The molecule has 3 aromatic rings. The summed E-state index contributed by atoms with van der Waals surface area (Å²) < 4.78 is 1.54. The molecule has 1 aromatic carbocycles. The minimum Gasteiger partial charge on any atom is -0.364 e. The maximum atomic E-state index is 12.0. The number of amides is 2. The lowest BCUT2D eigenvalue weighted by atomic mass is 10.1. The van der Waals surface area contributed by atoms with Crippen molar-refractivity contribution in [3.8, 4) is 17.5 Å². The van der Waals surface area contributed by atoms with E-state index in [1.165, 1.54) is 17.2 Å². The zero-order valence-electron chi connectivity index (χ0n) is 14.6. The molecule has 1 aliphatic rings. The van der Waals surface area contributed by atoms with Gasteiger partial charge in [-0.1, -0.05) is 17.9 Å². The topological polar surface area (TPSA) is 107 Å². The summed E-state index contributed by atoms with van der Waals surface area (Å²) in [4.78, 5) is 33.5. The second kappa shape index (κ2) is 6.53. The molecule has 0 aliphatic carbocycles. The molecule has 3 heterocycles. The highest BCUT2D eigenvalue weighted by Gasteiger charge is 2.27. The third-order valence-corrected chi connectivity index (χ3v) is 4.49. The summed E-state index contributed by atoms with van der Waals surface area (Å²) in [5.41, 5.74) is 7.44. The van der Waals surface area contributed by atoms with Crippen LogP contribution in [0.5, 0.6) is 0 Å². The second-order valence-electron chi connectivity index (χ2n) is 6.31. The summed E-state index contributed by atoms with van der Waals surface area (Å²) in [5.74, 6) is 5.25. The van der Waals surface area contributed by atoms with E-state index in [0.29, 0.717) is 16.7 Å². The molecule has 1 fully saturated rings. The number of benzene rings is 1. The quantitative estimate of drug-likeness (QED) is 0.679. The number of carbonyl (C=O) groups excluding carboxylic acids is 2. The maximum absolute atomic E-state index is 12.0. The van der Waals surface area contributed by atoms with Gasteiger partial charge in [0.2, 0.25) is 5.91 Å². The van der Waals surface area contributed by atoms with E-state index >= 15 is 0 Å². The highest BCUT2D eigenvalue weighted by atomic mass is 16.2. The standard InChI is InChI=1S/C19H16N6O2/c1-24-8-7-13(19(24)27)6-5-12-3-2-4-14(9-12)25-18-15(10-21-11-22-18)16(23-25)17(20)26/h2-4,9-11,13H,7-8H2,1H3,(H2,20,26). The fourth-order valence-electron chi connectivity index (χ4n) is 3.06. The predicted octanol–water partition coefficient (Wildman–Crippen LogP) is 0.744. The lowest BCUT2D eigenvalue weighted by Crippen LogP contribution is -2.21. The normalized spacial score (nSPS) is 16.4. The van der Waals surface area contributed by atoms with Crippen molar-refractivity contribution in [2.24, 2.45) is 11.7 Å². The van der Waals surface area contributed by atoms with Crippen LogP contribution in [0.15, 0.2) is 36.8 Å². The minimum absolute atomic E-state index is 0.0551. The van der Waals surface area contributed by atoms with Gasteiger partial charge in [0, 0.05) is 25.4 Å². The molecule has 1 atom stereocenters. The smallest absolute Gasteiger partial charge is 0.269 e. The first-order chi connectivity index (χ1) is 13.0. The lowest BCUT2D eigenvalue weighted by Gasteiger charge is -2.05. The number of likely N-dealkylation sites (tertiary alicyclic amines) is 1. The van der Waals surface area contributed by atoms with Crippen LogP contribution < -0.4 is 5.73 Å². The van der Waals surface area contributed by atoms with Crippen LogP contribution in [0.1, 0.15) is 22.5 Å². The van der Waals surface area contributed by atoms with E-state index in [2.05, 4.69) is 26.9 Å². The molecule has 2 aromatic heterocycles. The van der Waals surface area contributed by atoms with Crippen molar-refractivity contribution in [3.63, 3.8) is 0 Å². The Morgan fingerprint density at radius 2 is 2.22 bits per heavy atom. The summed E-state index contributed by atoms with van der Waals surface area (Å²) in [6, 6.07) is 7.35. The predicted molar refractivity (Wildman–Crippen MR) is 97.8 cm³/mol. The molecule has 4 rings (SSSR count). The molecule has 8 nitrogen and oxygen atoms in total. The van der Waals surface area contributed by atoms with Crippen LogP contribution in [-0.4, -0.2) is 50.1 Å². The fourth-order valence-corrected chi connectivity index (χ4v) is 3.06. The van der Waals surface area contributed by atoms with Gasteiger partial charge in [-0.3, -0.25) is 9.59 Å². The second-order valence-corrected chi connectivity index (χ2v) is 6.31. The molecule has 27 heavy (non-hydrogen) atoms. The number of nitrogens with zero attached hydrogens (tertiary/aromatic N) is 5. The molecule has 2 N–H and O–H groups in total. The number of rotatable bonds is 2. The van der Waals surface area contributed by atoms with E-state index in [-0.39, 0.29) is 17.5 Å². The van der Waals surface area contributed by atoms with Crippen molar-refractivity contribution in [1.82, 2.24) is 24.6 Å². The fraction of sp³-hybridized carbons (Fsp3) is 0.211. The van der Waals surface area contributed by atoms with Crippen molar-refractivity contribution in [2.75, 3.05) is 13.6 Å². The molecular weight excluding hydrogens is 344 g/mol. The van der Waals surface area contributed by atoms with Crippen LogP contribution in [0, 0.1) is 17.8 Å². The first-order valence-corrected chi connectivity index (χ1v) is 8.40. The van der Waals surface area contributed by atoms with Crippen molar-refractivity contribution in [3.05, 3.63) is 48.0 Å². The van der Waals surface area contributed by atoms with Gasteiger partial charge in [0.05, 0.1) is 11.1 Å². The van der Waals surface area contributed by atoms with E-state index < -0.39 is 5.91 Å². The van der Waals surface area contributed by atoms with Gasteiger partial charge < -0.3 is 10.6 Å². The van der Waals surface area contributed by atoms with E-state index in [4.69, 9.17) is 5.73 Å². The Morgan fingerprint density at radius 3 is 2.96 bits per heavy atom. The monoisotopic (exact) mass is 360 g/mol. The van der Waals surface area contributed by atoms with Gasteiger partial charge >= 0.3 is 0 Å². The van der Waals surface area contributed by atoms with Gasteiger partial charge in [-0.15, -0.1) is 0 Å². The Morgan fingerprint density at radius 1 is 1.37 bits per heavy atom. The molecule has 134 valence electrons. The summed E-state index contributed by atoms with van der Waals surface area (Å²) in [7, 11) is 1.78. The molecule has 8 heteroatoms. The van der Waals surface area contributed by atoms with Crippen LogP contribution in [0.4, 0.5) is 0 Å². The molecule has 0 spiro atoms. The highest BCUT2D eigenvalue weighted by molar-refractivity contribution is 6.03. The average molecular weight is 360 g/mol. The number of primary amides is 1. The molecule has 0 saturated carbocycles. The number of carbonyl (C=O) groups is 2. The summed E-state index contributed by atoms with van der Waals surface area (Å²) in [6.45, 7) is 0.729. The van der Waals surface area contributed by atoms with Crippen molar-refractivity contribution in [1.29, 1.82) is 0 Å². The van der Waals surface area contributed by atoms with Gasteiger partial charge in [-0.2, -0.15) is 5.10 Å². The first-order valence-electron chi connectivity index (χ1n) is 8.40. The molecule has 0 bridgehead atoms. The first kappa shape index (κ1) is 16.7. The van der Waals surface area contributed by atoms with Gasteiger partial charge in [-0.25, -0.2) is 14.6 Å². The Hall–Kier alpha value is -3.73. The van der Waals surface area contributed by atoms with Crippen molar-refractivity contribution in [2.45, 2.75) is 6.42 Å². The molecule has 1 saturated heterocycles. The highest BCUT2D eigenvalue weighted by Crippen LogP contribution is 2.20. The summed E-state index contributed by atoms with van der Waals surface area (Å²) >= 11 is 0. The zero-order valence-corrected chi connectivity index (χ0v) is 14.6. The minimum atomic E-state index is -0.645. The Labute approximate surface area is 155 Å². The SMILES string of the molecule is CN1CCC(C#Cc2cccc(-n3nc(C(N)=O)c4cncnc43)c2)C1=O. The molecule has 1 aliphatic heterocycles. The van der Waals surface area contributed by atoms with Gasteiger partial charge in [0.1, 0.15) is 12.2 Å². The summed E-state index contributed by atoms with van der Waals surface area (Å²) in [6.07, 6.45) is 3.64. The van der Waals surface area contributed by atoms with Crippen LogP contribution in [0.25, 0.3) is 16.7 Å². The third-order valence-electron chi connectivity index (χ3n) is 4.49. The van der Waals surface area contributed by atoms with Crippen LogP contribution >= 0.6 is 0 Å². The average Bonchev–Trinajstić information content (AvgIpc) is 3.22. The Kier molecular flexibility index (Phi) is 4.05. The van der Waals surface area contributed by atoms with E-state index in [9.17, 15) is 9.59 Å². The summed E-state index contributed by atoms with van der Waals surface area (Å²) in [5, 5.41) is 4.78. The number of hydrogen-bond acceptors (Lipinski definition) is 5. The van der Waals surface area contributed by atoms with Crippen molar-refractivity contribution < 1.29 is 9.59 Å². The Balaban J connectivity index is 1.73. The molecular formula is C19H16N6O2. The van der Waals surface area contributed by atoms with Crippen LogP contribution in [0.2, 0.25) is 0 Å². The molecule has 2 amide bonds. The zero-order chi connectivity index (χ0) is 19.0. The van der Waals surface area contributed by atoms with Gasteiger partial charge in [-0.05, 0) is 24.6 Å². The van der Waals surface area contributed by atoms with Crippen LogP contribution in [-0.2, 0) is 4.79 Å². The number of aromatic nitrogens is 4. The van der Waals surface area contributed by atoms with E-state index in [1.54, 1.807) is 11.9 Å².